The second-order valence-electron chi connectivity index (χ2n) is 16.0. The summed E-state index contributed by atoms with van der Waals surface area (Å²) in [5.41, 5.74) is 0. The summed E-state index contributed by atoms with van der Waals surface area (Å²) in [4.78, 5) is 37.6. The van der Waals surface area contributed by atoms with Gasteiger partial charge in [-0.2, -0.15) is 0 Å². The van der Waals surface area contributed by atoms with Crippen molar-refractivity contribution in [2.75, 3.05) is 13.2 Å². The van der Waals surface area contributed by atoms with Crippen molar-refractivity contribution in [2.45, 2.75) is 219 Å². The minimum Gasteiger partial charge on any atom is -0.462 e. The van der Waals surface area contributed by atoms with Gasteiger partial charge in [0.1, 0.15) is 13.2 Å². The summed E-state index contributed by atoms with van der Waals surface area (Å²) in [5.74, 6) is -0.939. The van der Waals surface area contributed by atoms with Crippen molar-refractivity contribution in [3.63, 3.8) is 0 Å². The number of ether oxygens (including phenoxy) is 3. The molecular weight excluding hydrogens is 757 g/mol. The van der Waals surface area contributed by atoms with Crippen molar-refractivity contribution in [3.05, 3.63) is 97.2 Å². The predicted octanol–water partition coefficient (Wildman–Crippen LogP) is 16.2. The first kappa shape index (κ1) is 57.3. The Balaban J connectivity index is 4.21. The highest BCUT2D eigenvalue weighted by molar-refractivity contribution is 5.71. The van der Waals surface area contributed by atoms with E-state index in [0.717, 1.165) is 141 Å². The standard InChI is InChI=1S/C55H90O6/c1-4-7-10-13-15-17-19-21-23-24-25-26-27-28-29-30-32-33-35-37-39-42-45-48-54(57)60-51-52(50-59-53(56)47-44-41-12-9-6-3)61-55(58)49-46-43-40-38-36-34-31-22-20-18-16-14-11-8-5-2/h7-8,10-11,15-18,21-23,25-26,28-29,31,52H,4-6,9,12-14,19-20,24,27,30,32-51H2,1-3H3/b10-7-,11-8-,17-15-,18-16-,23-21-,26-25-,29-28-,31-22-. The van der Waals surface area contributed by atoms with E-state index in [1.54, 1.807) is 0 Å². The third-order valence-corrected chi connectivity index (χ3v) is 10.1. The quantitative estimate of drug-likeness (QED) is 0.0263. The van der Waals surface area contributed by atoms with E-state index < -0.39 is 6.10 Å². The second kappa shape index (κ2) is 49.0. The van der Waals surface area contributed by atoms with Crippen molar-refractivity contribution in [3.8, 4) is 0 Å². The van der Waals surface area contributed by atoms with Crippen LogP contribution in [-0.2, 0) is 28.6 Å². The van der Waals surface area contributed by atoms with Crippen LogP contribution in [0.2, 0.25) is 0 Å². The summed E-state index contributed by atoms with van der Waals surface area (Å²) in [6, 6.07) is 0. The Kier molecular flexibility index (Phi) is 46.0. The van der Waals surface area contributed by atoms with Crippen LogP contribution in [0.5, 0.6) is 0 Å². The molecule has 0 aliphatic heterocycles. The Labute approximate surface area is 375 Å². The number of carbonyl (C=O) groups excluding carboxylic acids is 3. The Morgan fingerprint density at radius 2 is 0.639 bits per heavy atom. The molecular formula is C55H90O6. The largest absolute Gasteiger partial charge is 0.462 e. The van der Waals surface area contributed by atoms with Gasteiger partial charge in [0, 0.05) is 19.3 Å². The highest BCUT2D eigenvalue weighted by atomic mass is 16.6. The van der Waals surface area contributed by atoms with E-state index in [2.05, 4.69) is 118 Å². The molecule has 0 aliphatic rings. The molecule has 0 aliphatic carbocycles. The minimum absolute atomic E-state index is 0.0902. The molecule has 0 saturated carbocycles. The zero-order valence-corrected chi connectivity index (χ0v) is 39.4. The Morgan fingerprint density at radius 3 is 1.00 bits per heavy atom. The molecule has 1 unspecified atom stereocenters. The predicted molar refractivity (Wildman–Crippen MR) is 260 cm³/mol. The zero-order chi connectivity index (χ0) is 44.4. The van der Waals surface area contributed by atoms with Gasteiger partial charge in [0.2, 0.25) is 0 Å². The summed E-state index contributed by atoms with van der Waals surface area (Å²) < 4.78 is 16.6. The van der Waals surface area contributed by atoms with Crippen LogP contribution in [0.25, 0.3) is 0 Å². The lowest BCUT2D eigenvalue weighted by atomic mass is 10.1. The summed E-state index contributed by atoms with van der Waals surface area (Å²) in [6.45, 7) is 6.29. The van der Waals surface area contributed by atoms with Crippen LogP contribution in [0.4, 0.5) is 0 Å². The van der Waals surface area contributed by atoms with Gasteiger partial charge in [0.05, 0.1) is 0 Å². The molecule has 1 atom stereocenters. The summed E-state index contributed by atoms with van der Waals surface area (Å²) in [7, 11) is 0. The third-order valence-electron chi connectivity index (χ3n) is 10.1. The van der Waals surface area contributed by atoms with Crippen LogP contribution < -0.4 is 0 Å². The number of carbonyl (C=O) groups is 3. The number of allylic oxidation sites excluding steroid dienone is 16. The molecule has 0 aromatic rings. The first-order valence-corrected chi connectivity index (χ1v) is 24.7. The van der Waals surface area contributed by atoms with E-state index in [9.17, 15) is 14.4 Å². The highest BCUT2D eigenvalue weighted by Gasteiger charge is 2.19. The monoisotopic (exact) mass is 847 g/mol. The maximum atomic E-state index is 12.7. The van der Waals surface area contributed by atoms with Gasteiger partial charge in [-0.3, -0.25) is 14.4 Å². The minimum atomic E-state index is -0.787. The molecule has 0 rings (SSSR count). The molecule has 61 heavy (non-hydrogen) atoms. The molecule has 0 N–H and O–H groups in total. The molecule has 0 amide bonds. The van der Waals surface area contributed by atoms with Crippen LogP contribution in [0, 0.1) is 0 Å². The third kappa shape index (κ3) is 47.2. The molecule has 0 saturated heterocycles. The lowest BCUT2D eigenvalue weighted by Gasteiger charge is -2.18. The molecule has 6 heteroatoms. The smallest absolute Gasteiger partial charge is 0.306 e. The summed E-state index contributed by atoms with van der Waals surface area (Å²) >= 11 is 0. The van der Waals surface area contributed by atoms with Crippen molar-refractivity contribution in [2.24, 2.45) is 0 Å². The molecule has 0 bridgehead atoms. The Morgan fingerprint density at radius 1 is 0.344 bits per heavy atom. The lowest BCUT2D eigenvalue weighted by Crippen LogP contribution is -2.30. The maximum absolute atomic E-state index is 12.7. The van der Waals surface area contributed by atoms with Crippen LogP contribution in [0.1, 0.15) is 213 Å². The van der Waals surface area contributed by atoms with E-state index in [1.807, 2.05) is 0 Å². The van der Waals surface area contributed by atoms with Crippen molar-refractivity contribution >= 4 is 17.9 Å². The first-order chi connectivity index (χ1) is 30.0. The molecule has 0 radical (unpaired) electrons. The number of esters is 3. The average Bonchev–Trinajstić information content (AvgIpc) is 3.26. The topological polar surface area (TPSA) is 78.9 Å². The fourth-order valence-electron chi connectivity index (χ4n) is 6.42. The van der Waals surface area contributed by atoms with Gasteiger partial charge in [-0.1, -0.05) is 195 Å². The Bertz CT molecular complexity index is 1250. The molecule has 6 nitrogen and oxygen atoms in total. The van der Waals surface area contributed by atoms with Crippen molar-refractivity contribution in [1.82, 2.24) is 0 Å². The van der Waals surface area contributed by atoms with Gasteiger partial charge in [0.15, 0.2) is 6.10 Å². The van der Waals surface area contributed by atoms with Gasteiger partial charge in [0.25, 0.3) is 0 Å². The maximum Gasteiger partial charge on any atom is 0.306 e. The van der Waals surface area contributed by atoms with Gasteiger partial charge in [-0.25, -0.2) is 0 Å². The van der Waals surface area contributed by atoms with Crippen LogP contribution in [-0.4, -0.2) is 37.2 Å². The lowest BCUT2D eigenvalue weighted by molar-refractivity contribution is -0.167. The van der Waals surface area contributed by atoms with Gasteiger partial charge >= 0.3 is 17.9 Å². The fraction of sp³-hybridized carbons (Fsp3) is 0.655. The molecule has 0 spiro atoms. The second-order valence-corrected chi connectivity index (χ2v) is 16.0. The van der Waals surface area contributed by atoms with Crippen LogP contribution >= 0.6 is 0 Å². The van der Waals surface area contributed by atoms with Gasteiger partial charge in [-0.15, -0.1) is 0 Å². The average molecular weight is 847 g/mol. The SMILES string of the molecule is CC/C=C\C/C=C\C/C=C\C/C=C\C/C=C\CCCCCCCCCC(=O)OCC(COC(=O)CCCCCCC)OC(=O)CCCCCCC/C=C\C/C=C\C/C=C\CC. The van der Waals surface area contributed by atoms with E-state index in [-0.39, 0.29) is 31.1 Å². The fourth-order valence-corrected chi connectivity index (χ4v) is 6.42. The van der Waals surface area contributed by atoms with Crippen molar-refractivity contribution in [1.29, 1.82) is 0 Å². The highest BCUT2D eigenvalue weighted by Crippen LogP contribution is 2.13. The number of hydrogen-bond acceptors (Lipinski definition) is 6. The summed E-state index contributed by atoms with van der Waals surface area (Å²) in [5, 5.41) is 0. The summed E-state index contributed by atoms with van der Waals surface area (Å²) in [6.07, 6.45) is 64.2. The van der Waals surface area contributed by atoms with E-state index in [1.165, 1.54) is 32.1 Å². The van der Waals surface area contributed by atoms with Gasteiger partial charge in [-0.05, 0) is 96.3 Å². The van der Waals surface area contributed by atoms with E-state index in [0.29, 0.717) is 19.3 Å². The molecule has 0 aromatic carbocycles. The Hall–Kier alpha value is -3.67. The van der Waals surface area contributed by atoms with E-state index in [4.69, 9.17) is 14.2 Å². The van der Waals surface area contributed by atoms with Crippen LogP contribution in [0.15, 0.2) is 97.2 Å². The zero-order valence-electron chi connectivity index (χ0n) is 39.4. The number of rotatable bonds is 43. The molecule has 0 aromatic heterocycles. The number of hydrogen-bond donors (Lipinski definition) is 0. The normalized spacial score (nSPS) is 12.9. The van der Waals surface area contributed by atoms with E-state index >= 15 is 0 Å². The van der Waals surface area contributed by atoms with Gasteiger partial charge < -0.3 is 14.2 Å². The van der Waals surface area contributed by atoms with Crippen LogP contribution in [0.3, 0.4) is 0 Å². The first-order valence-electron chi connectivity index (χ1n) is 24.7. The molecule has 0 heterocycles. The number of unbranched alkanes of at least 4 members (excludes halogenated alkanes) is 16. The molecule has 346 valence electrons. The van der Waals surface area contributed by atoms with Crippen molar-refractivity contribution < 1.29 is 28.6 Å². The molecule has 0 fully saturated rings.